The van der Waals surface area contributed by atoms with E-state index in [-0.39, 0.29) is 12.3 Å². The largest absolute Gasteiger partial charge is 0.380 e. The number of benzene rings is 1. The zero-order valence-corrected chi connectivity index (χ0v) is 11.0. The highest BCUT2D eigenvalue weighted by Gasteiger charge is 2.26. The van der Waals surface area contributed by atoms with Crippen molar-refractivity contribution in [3.63, 3.8) is 0 Å². The van der Waals surface area contributed by atoms with Crippen molar-refractivity contribution in [3.05, 3.63) is 29.3 Å². The first-order chi connectivity index (χ1) is 9.13. The Labute approximate surface area is 111 Å². The molecule has 1 aliphatic rings. The molecule has 1 aliphatic heterocycles. The number of nitrogens with zero attached hydrogens (tertiary/aromatic N) is 1. The van der Waals surface area contributed by atoms with Gasteiger partial charge in [0.05, 0.1) is 11.6 Å². The lowest BCUT2D eigenvalue weighted by molar-refractivity contribution is 0.111. The molecule has 0 spiro atoms. The molecule has 1 heterocycles. The average Bonchev–Trinajstić information content (AvgIpc) is 2.31. The Hall–Kier alpha value is -1.49. The Morgan fingerprint density at radius 3 is 2.53 bits per heavy atom. The Balaban J connectivity index is 1.90. The van der Waals surface area contributed by atoms with Gasteiger partial charge >= 0.3 is 0 Å². The second-order valence-corrected chi connectivity index (χ2v) is 4.93. The van der Waals surface area contributed by atoms with Crippen molar-refractivity contribution < 1.29 is 13.6 Å². The summed E-state index contributed by atoms with van der Waals surface area (Å²) in [6.45, 7) is 4.99. The van der Waals surface area contributed by atoms with Gasteiger partial charge in [-0.25, -0.2) is 8.78 Å². The zero-order chi connectivity index (χ0) is 13.8. The molecule has 0 unspecified atom stereocenters. The first-order valence-corrected chi connectivity index (χ1v) is 6.57. The van der Waals surface area contributed by atoms with E-state index in [9.17, 15) is 13.6 Å². The summed E-state index contributed by atoms with van der Waals surface area (Å²) in [5, 5.41) is 3.08. The predicted octanol–water partition coefficient (Wildman–Crippen LogP) is 2.67. The summed E-state index contributed by atoms with van der Waals surface area (Å²) >= 11 is 0. The number of hydrogen-bond acceptors (Lipinski definition) is 3. The number of aldehydes is 1. The van der Waals surface area contributed by atoms with Crippen molar-refractivity contribution in [2.75, 3.05) is 25.0 Å². The maximum absolute atomic E-state index is 13.4. The van der Waals surface area contributed by atoms with Crippen molar-refractivity contribution in [1.82, 2.24) is 4.90 Å². The standard InChI is InChI=1S/C14H18F2N2O/c1-2-3-4-18-7-11(8-18)17-10-5-13(15)12(9-19)14(16)6-10/h5-6,9,11,17H,2-4,7-8H2,1H3. The summed E-state index contributed by atoms with van der Waals surface area (Å²) in [4.78, 5) is 12.8. The van der Waals surface area contributed by atoms with Crippen LogP contribution in [-0.4, -0.2) is 36.9 Å². The van der Waals surface area contributed by atoms with Gasteiger partial charge in [0.25, 0.3) is 0 Å². The van der Waals surface area contributed by atoms with Crippen molar-refractivity contribution in [3.8, 4) is 0 Å². The predicted molar refractivity (Wildman–Crippen MR) is 70.5 cm³/mol. The highest BCUT2D eigenvalue weighted by Crippen LogP contribution is 2.20. The fourth-order valence-electron chi connectivity index (χ4n) is 2.24. The van der Waals surface area contributed by atoms with Gasteiger partial charge in [-0.05, 0) is 25.1 Å². The van der Waals surface area contributed by atoms with Crippen molar-refractivity contribution in [1.29, 1.82) is 0 Å². The van der Waals surface area contributed by atoms with Crippen LogP contribution in [0.15, 0.2) is 12.1 Å². The van der Waals surface area contributed by atoms with Gasteiger partial charge < -0.3 is 5.32 Å². The summed E-state index contributed by atoms with van der Waals surface area (Å²) in [7, 11) is 0. The Morgan fingerprint density at radius 2 is 2.00 bits per heavy atom. The second kappa shape index (κ2) is 6.10. The topological polar surface area (TPSA) is 32.3 Å². The third-order valence-corrected chi connectivity index (χ3v) is 3.35. The molecule has 0 aliphatic carbocycles. The summed E-state index contributed by atoms with van der Waals surface area (Å²) < 4.78 is 26.8. The number of rotatable bonds is 6. The minimum atomic E-state index is -0.820. The first-order valence-electron chi connectivity index (χ1n) is 6.57. The smallest absolute Gasteiger partial charge is 0.155 e. The molecule has 1 N–H and O–H groups in total. The van der Waals surface area contributed by atoms with Gasteiger partial charge in [0.1, 0.15) is 11.6 Å². The molecule has 104 valence electrons. The highest BCUT2D eigenvalue weighted by atomic mass is 19.1. The van der Waals surface area contributed by atoms with Crippen LogP contribution in [0, 0.1) is 11.6 Å². The second-order valence-electron chi connectivity index (χ2n) is 4.93. The molecule has 0 amide bonds. The summed E-state index contributed by atoms with van der Waals surface area (Å²) in [5.74, 6) is -1.64. The molecule has 0 saturated carbocycles. The molecule has 3 nitrogen and oxygen atoms in total. The van der Waals surface area contributed by atoms with E-state index in [4.69, 9.17) is 0 Å². The van der Waals surface area contributed by atoms with E-state index >= 15 is 0 Å². The molecule has 2 rings (SSSR count). The molecular formula is C14H18F2N2O. The number of likely N-dealkylation sites (tertiary alicyclic amines) is 1. The maximum atomic E-state index is 13.4. The van der Waals surface area contributed by atoms with Crippen LogP contribution in [0.3, 0.4) is 0 Å². The summed E-state index contributed by atoms with van der Waals surface area (Å²) in [5.41, 5.74) is -0.121. The van der Waals surface area contributed by atoms with Crippen LogP contribution in [0.1, 0.15) is 30.1 Å². The average molecular weight is 268 g/mol. The van der Waals surface area contributed by atoms with Gasteiger partial charge in [0.15, 0.2) is 6.29 Å². The maximum Gasteiger partial charge on any atom is 0.155 e. The van der Waals surface area contributed by atoms with Crippen LogP contribution < -0.4 is 5.32 Å². The molecule has 1 saturated heterocycles. The van der Waals surface area contributed by atoms with Gasteiger partial charge in [0.2, 0.25) is 0 Å². The Kier molecular flexibility index (Phi) is 4.47. The molecule has 1 aromatic carbocycles. The van der Waals surface area contributed by atoms with E-state index in [1.54, 1.807) is 0 Å². The number of carbonyl (C=O) groups excluding carboxylic acids is 1. The van der Waals surface area contributed by atoms with Crippen LogP contribution in [0.2, 0.25) is 0 Å². The fourth-order valence-corrected chi connectivity index (χ4v) is 2.24. The molecule has 5 heteroatoms. The number of hydrogen-bond donors (Lipinski definition) is 1. The minimum Gasteiger partial charge on any atom is -0.380 e. The van der Waals surface area contributed by atoms with E-state index < -0.39 is 17.2 Å². The Morgan fingerprint density at radius 1 is 1.37 bits per heavy atom. The number of halogens is 2. The van der Waals surface area contributed by atoms with Crippen LogP contribution in [0.4, 0.5) is 14.5 Å². The van der Waals surface area contributed by atoms with Crippen LogP contribution in [-0.2, 0) is 0 Å². The molecule has 1 fully saturated rings. The third-order valence-electron chi connectivity index (χ3n) is 3.35. The number of anilines is 1. The molecule has 19 heavy (non-hydrogen) atoms. The quantitative estimate of drug-likeness (QED) is 0.805. The number of unbranched alkanes of at least 4 members (excludes halogenated alkanes) is 1. The van der Waals surface area contributed by atoms with Gasteiger partial charge in [-0.2, -0.15) is 0 Å². The van der Waals surface area contributed by atoms with E-state index in [1.807, 2.05) is 0 Å². The molecule has 1 aromatic rings. The first kappa shape index (κ1) is 13.9. The van der Waals surface area contributed by atoms with E-state index in [1.165, 1.54) is 18.6 Å². The molecule has 0 aromatic heterocycles. The van der Waals surface area contributed by atoms with Crippen molar-refractivity contribution >= 4 is 12.0 Å². The highest BCUT2D eigenvalue weighted by molar-refractivity contribution is 5.76. The van der Waals surface area contributed by atoms with Crippen molar-refractivity contribution in [2.24, 2.45) is 0 Å². The lowest BCUT2D eigenvalue weighted by atomic mass is 10.1. The lowest BCUT2D eigenvalue weighted by Crippen LogP contribution is -2.54. The SMILES string of the molecule is CCCCN1CC(Nc2cc(F)c(C=O)c(F)c2)C1. The minimum absolute atomic E-state index is 0.199. The lowest BCUT2D eigenvalue weighted by Gasteiger charge is -2.40. The zero-order valence-electron chi connectivity index (χ0n) is 11.0. The fraction of sp³-hybridized carbons (Fsp3) is 0.500. The van der Waals surface area contributed by atoms with E-state index in [0.29, 0.717) is 5.69 Å². The molecule has 0 bridgehead atoms. The van der Waals surface area contributed by atoms with Crippen LogP contribution in [0.25, 0.3) is 0 Å². The number of carbonyl (C=O) groups is 1. The normalized spacial score (nSPS) is 16.2. The third kappa shape index (κ3) is 3.29. The summed E-state index contributed by atoms with van der Waals surface area (Å²) in [6.07, 6.45) is 2.53. The monoisotopic (exact) mass is 268 g/mol. The van der Waals surface area contributed by atoms with Crippen LogP contribution in [0.5, 0.6) is 0 Å². The van der Waals surface area contributed by atoms with E-state index in [2.05, 4.69) is 17.1 Å². The number of nitrogens with one attached hydrogen (secondary N) is 1. The molecular weight excluding hydrogens is 250 g/mol. The van der Waals surface area contributed by atoms with Crippen molar-refractivity contribution in [2.45, 2.75) is 25.8 Å². The summed E-state index contributed by atoms with van der Waals surface area (Å²) in [6, 6.07) is 2.56. The Bertz CT molecular complexity index is 436. The van der Waals surface area contributed by atoms with E-state index in [0.717, 1.165) is 26.1 Å². The molecule has 0 radical (unpaired) electrons. The van der Waals surface area contributed by atoms with Gasteiger partial charge in [-0.15, -0.1) is 0 Å². The molecule has 0 atom stereocenters. The van der Waals surface area contributed by atoms with Gasteiger partial charge in [-0.3, -0.25) is 9.69 Å². The van der Waals surface area contributed by atoms with Crippen LogP contribution >= 0.6 is 0 Å². The van der Waals surface area contributed by atoms with Gasteiger partial charge in [0, 0.05) is 18.8 Å². The van der Waals surface area contributed by atoms with Gasteiger partial charge in [-0.1, -0.05) is 13.3 Å².